The molecule has 0 saturated carbocycles. The zero-order chi connectivity index (χ0) is 17.8. The van der Waals surface area contributed by atoms with Crippen LogP contribution in [0.3, 0.4) is 0 Å². The lowest BCUT2D eigenvalue weighted by atomic mass is 9.97. The number of hydrogen-bond donors (Lipinski definition) is 0. The molecule has 2 heterocycles. The second-order valence-corrected chi connectivity index (χ2v) is 6.20. The summed E-state index contributed by atoms with van der Waals surface area (Å²) in [7, 11) is 1.60. The van der Waals surface area contributed by atoms with E-state index in [2.05, 4.69) is 0 Å². The zero-order valence-corrected chi connectivity index (χ0v) is 14.6. The van der Waals surface area contributed by atoms with E-state index in [-0.39, 0.29) is 24.4 Å². The Morgan fingerprint density at radius 3 is 2.96 bits per heavy atom. The van der Waals surface area contributed by atoms with Gasteiger partial charge in [-0.3, -0.25) is 9.59 Å². The zero-order valence-electron chi connectivity index (χ0n) is 14.6. The first-order chi connectivity index (χ1) is 12.1. The van der Waals surface area contributed by atoms with Gasteiger partial charge in [0.25, 0.3) is 5.91 Å². The number of fused-ring (bicyclic) bond motifs is 1. The number of hydrogen-bond acceptors (Lipinski definition) is 5. The third-order valence-corrected chi connectivity index (χ3v) is 4.53. The van der Waals surface area contributed by atoms with Crippen molar-refractivity contribution in [3.05, 3.63) is 29.3 Å². The van der Waals surface area contributed by atoms with Crippen LogP contribution in [0, 0.1) is 5.92 Å². The van der Waals surface area contributed by atoms with Gasteiger partial charge in [-0.25, -0.2) is 0 Å². The fraction of sp³-hybridized carbons (Fsp3) is 0.474. The lowest BCUT2D eigenvalue weighted by Crippen LogP contribution is -2.44. The van der Waals surface area contributed by atoms with Crippen molar-refractivity contribution in [1.29, 1.82) is 0 Å². The monoisotopic (exact) mass is 345 g/mol. The standard InChI is InChI=1S/C19H23NO5/c1-3-24-19(22)13-5-4-8-20(11-13)18(21)15-9-14-10-16(23-2)6-7-17(14)25-12-15/h6-7,9-10,13H,3-5,8,11-12H2,1-2H3. The van der Waals surface area contributed by atoms with Gasteiger partial charge in [-0.2, -0.15) is 0 Å². The Labute approximate surface area is 147 Å². The molecule has 134 valence electrons. The molecule has 0 aliphatic carbocycles. The number of ether oxygens (including phenoxy) is 3. The van der Waals surface area contributed by atoms with Gasteiger partial charge in [-0.15, -0.1) is 0 Å². The van der Waals surface area contributed by atoms with Gasteiger partial charge in [0.1, 0.15) is 18.1 Å². The second-order valence-electron chi connectivity index (χ2n) is 6.20. The summed E-state index contributed by atoms with van der Waals surface area (Å²) in [5.74, 6) is 0.912. The Hall–Kier alpha value is -2.50. The van der Waals surface area contributed by atoms with Crippen LogP contribution in [0.2, 0.25) is 0 Å². The van der Waals surface area contributed by atoms with Crippen LogP contribution in [0.5, 0.6) is 11.5 Å². The molecule has 0 bridgehead atoms. The van der Waals surface area contributed by atoms with Crippen molar-refractivity contribution in [1.82, 2.24) is 4.90 Å². The van der Waals surface area contributed by atoms with Crippen LogP contribution >= 0.6 is 0 Å². The van der Waals surface area contributed by atoms with E-state index >= 15 is 0 Å². The van der Waals surface area contributed by atoms with Gasteiger partial charge >= 0.3 is 5.97 Å². The summed E-state index contributed by atoms with van der Waals surface area (Å²) in [4.78, 5) is 26.5. The third kappa shape index (κ3) is 3.78. The van der Waals surface area contributed by atoms with Crippen molar-refractivity contribution in [2.24, 2.45) is 5.92 Å². The number of benzene rings is 1. The second kappa shape index (κ2) is 7.59. The Bertz CT molecular complexity index is 697. The Morgan fingerprint density at radius 2 is 2.20 bits per heavy atom. The molecule has 1 aromatic rings. The molecule has 25 heavy (non-hydrogen) atoms. The third-order valence-electron chi connectivity index (χ3n) is 4.53. The minimum atomic E-state index is -0.241. The van der Waals surface area contributed by atoms with E-state index in [0.717, 1.165) is 24.2 Å². The number of rotatable bonds is 4. The fourth-order valence-corrected chi connectivity index (χ4v) is 3.22. The molecular formula is C19H23NO5. The first kappa shape index (κ1) is 17.3. The molecule has 1 fully saturated rings. The average Bonchev–Trinajstić information content (AvgIpc) is 2.66. The maximum atomic E-state index is 12.8. The van der Waals surface area contributed by atoms with Crippen molar-refractivity contribution in [3.63, 3.8) is 0 Å². The number of amides is 1. The van der Waals surface area contributed by atoms with E-state index in [4.69, 9.17) is 14.2 Å². The molecular weight excluding hydrogens is 322 g/mol. The highest BCUT2D eigenvalue weighted by molar-refractivity contribution is 5.99. The quantitative estimate of drug-likeness (QED) is 0.783. The normalized spacial score (nSPS) is 19.4. The highest BCUT2D eigenvalue weighted by Crippen LogP contribution is 2.31. The largest absolute Gasteiger partial charge is 0.497 e. The molecule has 6 heteroatoms. The highest BCUT2D eigenvalue weighted by atomic mass is 16.5. The van der Waals surface area contributed by atoms with E-state index in [1.54, 1.807) is 18.9 Å². The fourth-order valence-electron chi connectivity index (χ4n) is 3.22. The van der Waals surface area contributed by atoms with Crippen LogP contribution in [0.15, 0.2) is 23.8 Å². The van der Waals surface area contributed by atoms with Crippen LogP contribution in [0.1, 0.15) is 25.3 Å². The van der Waals surface area contributed by atoms with E-state index in [0.29, 0.717) is 31.0 Å². The molecule has 1 saturated heterocycles. The van der Waals surface area contributed by atoms with E-state index in [1.807, 2.05) is 24.3 Å². The van der Waals surface area contributed by atoms with Crippen LogP contribution < -0.4 is 9.47 Å². The number of likely N-dealkylation sites (tertiary alicyclic amines) is 1. The molecule has 1 aromatic carbocycles. The van der Waals surface area contributed by atoms with Gasteiger partial charge in [-0.1, -0.05) is 0 Å². The van der Waals surface area contributed by atoms with E-state index in [1.165, 1.54) is 0 Å². The summed E-state index contributed by atoms with van der Waals surface area (Å²) in [5.41, 5.74) is 1.41. The first-order valence-corrected chi connectivity index (χ1v) is 8.59. The van der Waals surface area contributed by atoms with Gasteiger partial charge in [0.05, 0.1) is 25.2 Å². The van der Waals surface area contributed by atoms with E-state index < -0.39 is 0 Å². The molecule has 6 nitrogen and oxygen atoms in total. The smallest absolute Gasteiger partial charge is 0.310 e. The average molecular weight is 345 g/mol. The Balaban J connectivity index is 1.74. The minimum Gasteiger partial charge on any atom is -0.497 e. The van der Waals surface area contributed by atoms with Crippen LogP contribution in [0.4, 0.5) is 0 Å². The molecule has 1 atom stereocenters. The Morgan fingerprint density at radius 1 is 1.36 bits per heavy atom. The predicted octanol–water partition coefficient (Wildman–Crippen LogP) is 2.27. The van der Waals surface area contributed by atoms with E-state index in [9.17, 15) is 9.59 Å². The first-order valence-electron chi connectivity index (χ1n) is 8.59. The number of carbonyl (C=O) groups excluding carboxylic acids is 2. The van der Waals surface area contributed by atoms with Crippen molar-refractivity contribution in [3.8, 4) is 11.5 Å². The number of carbonyl (C=O) groups is 2. The summed E-state index contributed by atoms with van der Waals surface area (Å²) in [6.07, 6.45) is 3.41. The van der Waals surface area contributed by atoms with Gasteiger partial charge in [0.15, 0.2) is 0 Å². The predicted molar refractivity (Wildman–Crippen MR) is 92.4 cm³/mol. The molecule has 0 spiro atoms. The molecule has 1 amide bonds. The summed E-state index contributed by atoms with van der Waals surface area (Å²) >= 11 is 0. The van der Waals surface area contributed by atoms with Crippen molar-refractivity contribution >= 4 is 18.0 Å². The lowest BCUT2D eigenvalue weighted by molar-refractivity contribution is -0.150. The number of esters is 1. The number of methoxy groups -OCH3 is 1. The van der Waals surface area contributed by atoms with Gasteiger partial charge in [0, 0.05) is 18.7 Å². The van der Waals surface area contributed by atoms with Crippen LogP contribution in [-0.2, 0) is 14.3 Å². The maximum Gasteiger partial charge on any atom is 0.310 e. The van der Waals surface area contributed by atoms with Crippen molar-refractivity contribution in [2.75, 3.05) is 33.4 Å². The van der Waals surface area contributed by atoms with Gasteiger partial charge < -0.3 is 19.1 Å². The molecule has 2 aliphatic rings. The summed E-state index contributed by atoms with van der Waals surface area (Å²) < 4.78 is 16.0. The maximum absolute atomic E-state index is 12.8. The van der Waals surface area contributed by atoms with Crippen LogP contribution in [-0.4, -0.2) is 50.2 Å². The highest BCUT2D eigenvalue weighted by Gasteiger charge is 2.31. The van der Waals surface area contributed by atoms with Gasteiger partial charge in [0.2, 0.25) is 0 Å². The molecule has 0 radical (unpaired) electrons. The van der Waals surface area contributed by atoms with Crippen molar-refractivity contribution < 1.29 is 23.8 Å². The summed E-state index contributed by atoms with van der Waals surface area (Å²) in [6.45, 7) is 3.44. The number of piperidine rings is 1. The van der Waals surface area contributed by atoms with Crippen LogP contribution in [0.25, 0.3) is 6.08 Å². The SMILES string of the molecule is CCOC(=O)C1CCCN(C(=O)C2=Cc3cc(OC)ccc3OC2)C1. The Kier molecular flexibility index (Phi) is 5.26. The number of nitrogens with zero attached hydrogens (tertiary/aromatic N) is 1. The molecule has 0 N–H and O–H groups in total. The summed E-state index contributed by atoms with van der Waals surface area (Å²) in [5, 5.41) is 0. The summed E-state index contributed by atoms with van der Waals surface area (Å²) in [6, 6.07) is 5.51. The molecule has 0 aromatic heterocycles. The molecule has 3 rings (SSSR count). The minimum absolute atomic E-state index is 0.0810. The molecule has 2 aliphatic heterocycles. The molecule has 1 unspecified atom stereocenters. The van der Waals surface area contributed by atoms with Gasteiger partial charge in [-0.05, 0) is 44.0 Å². The van der Waals surface area contributed by atoms with Crippen molar-refractivity contribution in [2.45, 2.75) is 19.8 Å². The topological polar surface area (TPSA) is 65.1 Å². The lowest BCUT2D eigenvalue weighted by Gasteiger charge is -2.32.